The van der Waals surface area contributed by atoms with E-state index in [1.54, 1.807) is 6.07 Å². The summed E-state index contributed by atoms with van der Waals surface area (Å²) < 4.78 is 23.3. The molecule has 23 heavy (non-hydrogen) atoms. The van der Waals surface area contributed by atoms with E-state index in [-0.39, 0.29) is 22.9 Å². The normalized spacial score (nSPS) is 11.9. The first-order valence-corrected chi connectivity index (χ1v) is 6.88. The van der Waals surface area contributed by atoms with Crippen LogP contribution in [0.2, 0.25) is 5.02 Å². The quantitative estimate of drug-likeness (QED) is 0.825. The van der Waals surface area contributed by atoms with Crippen molar-refractivity contribution in [2.45, 2.75) is 0 Å². The molecule has 6 nitrogen and oxygen atoms in total. The molecular formula is C15H10ClFN2O4. The topological polar surface area (TPSA) is 76.7 Å². The van der Waals surface area contributed by atoms with Gasteiger partial charge in [0.2, 0.25) is 6.79 Å². The van der Waals surface area contributed by atoms with Crippen molar-refractivity contribution < 1.29 is 23.5 Å². The van der Waals surface area contributed by atoms with Crippen LogP contribution >= 0.6 is 11.6 Å². The second kappa shape index (κ2) is 6.13. The minimum atomic E-state index is -0.663. The molecule has 0 bridgehead atoms. The Labute approximate surface area is 135 Å². The maximum atomic E-state index is 12.9. The third-order valence-corrected chi connectivity index (χ3v) is 3.41. The minimum Gasteiger partial charge on any atom is -0.454 e. The Balaban J connectivity index is 1.65. The maximum absolute atomic E-state index is 12.9. The number of rotatable bonds is 2. The lowest BCUT2D eigenvalue weighted by molar-refractivity contribution is 0.0846. The third kappa shape index (κ3) is 3.19. The van der Waals surface area contributed by atoms with E-state index in [4.69, 9.17) is 21.1 Å². The number of halogens is 2. The number of fused-ring (bicyclic) bond motifs is 1. The van der Waals surface area contributed by atoms with Crippen LogP contribution in [-0.2, 0) is 0 Å². The van der Waals surface area contributed by atoms with Crippen molar-refractivity contribution in [1.29, 1.82) is 0 Å². The van der Waals surface area contributed by atoms with Gasteiger partial charge < -0.3 is 9.47 Å². The molecular weight excluding hydrogens is 327 g/mol. The van der Waals surface area contributed by atoms with Crippen molar-refractivity contribution in [3.05, 3.63) is 58.4 Å². The highest BCUT2D eigenvalue weighted by molar-refractivity contribution is 6.33. The fourth-order valence-electron chi connectivity index (χ4n) is 1.96. The molecule has 1 aliphatic rings. The summed E-state index contributed by atoms with van der Waals surface area (Å²) in [5.41, 5.74) is 4.77. The van der Waals surface area contributed by atoms with Crippen LogP contribution in [0.5, 0.6) is 11.5 Å². The zero-order valence-electron chi connectivity index (χ0n) is 11.6. The molecule has 118 valence electrons. The Bertz CT molecular complexity index is 797. The molecule has 0 atom stereocenters. The van der Waals surface area contributed by atoms with Gasteiger partial charge in [-0.3, -0.25) is 20.4 Å². The molecule has 2 aromatic rings. The molecule has 3 rings (SSSR count). The van der Waals surface area contributed by atoms with E-state index in [0.717, 1.165) is 12.1 Å². The molecule has 0 unspecified atom stereocenters. The number of benzene rings is 2. The highest BCUT2D eigenvalue weighted by Crippen LogP contribution is 2.32. The second-order valence-electron chi connectivity index (χ2n) is 4.60. The summed E-state index contributed by atoms with van der Waals surface area (Å²) in [6.45, 7) is 0.0974. The lowest BCUT2D eigenvalue weighted by atomic mass is 10.2. The number of ether oxygens (including phenoxy) is 2. The summed E-state index contributed by atoms with van der Waals surface area (Å²) in [5, 5.41) is -0.0557. The summed E-state index contributed by atoms with van der Waals surface area (Å²) in [6, 6.07) is 7.95. The summed E-state index contributed by atoms with van der Waals surface area (Å²) in [5.74, 6) is -0.774. The average Bonchev–Trinajstić information content (AvgIpc) is 2.99. The SMILES string of the molecule is O=C(NNC(=O)c1ccc(F)cc1Cl)c1ccc2c(c1)OCO2. The molecule has 0 saturated heterocycles. The molecule has 2 amide bonds. The van der Waals surface area contributed by atoms with Gasteiger partial charge in [-0.1, -0.05) is 11.6 Å². The smallest absolute Gasteiger partial charge is 0.271 e. The molecule has 0 aromatic heterocycles. The van der Waals surface area contributed by atoms with E-state index in [2.05, 4.69) is 10.9 Å². The fourth-order valence-corrected chi connectivity index (χ4v) is 2.22. The summed E-state index contributed by atoms with van der Waals surface area (Å²) in [7, 11) is 0. The molecule has 1 aliphatic heterocycles. The first-order chi connectivity index (χ1) is 11.0. The van der Waals surface area contributed by atoms with Gasteiger partial charge in [-0.15, -0.1) is 0 Å². The number of hydrogen-bond donors (Lipinski definition) is 2. The molecule has 2 aromatic carbocycles. The first-order valence-electron chi connectivity index (χ1n) is 6.50. The highest BCUT2D eigenvalue weighted by atomic mass is 35.5. The van der Waals surface area contributed by atoms with Crippen LogP contribution in [0.3, 0.4) is 0 Å². The average molecular weight is 337 g/mol. The van der Waals surface area contributed by atoms with Crippen molar-refractivity contribution >= 4 is 23.4 Å². The predicted octanol–water partition coefficient (Wildman–Crippen LogP) is 2.28. The van der Waals surface area contributed by atoms with Crippen LogP contribution in [0.4, 0.5) is 4.39 Å². The van der Waals surface area contributed by atoms with Gasteiger partial charge in [0, 0.05) is 5.56 Å². The number of amides is 2. The molecule has 1 heterocycles. The van der Waals surface area contributed by atoms with Crippen LogP contribution in [0, 0.1) is 5.82 Å². The maximum Gasteiger partial charge on any atom is 0.271 e. The zero-order valence-corrected chi connectivity index (χ0v) is 12.3. The van der Waals surface area contributed by atoms with Gasteiger partial charge in [0.25, 0.3) is 11.8 Å². The third-order valence-electron chi connectivity index (χ3n) is 3.10. The molecule has 0 fully saturated rings. The Hall–Kier alpha value is -2.80. The molecule has 2 N–H and O–H groups in total. The predicted molar refractivity (Wildman–Crippen MR) is 78.9 cm³/mol. The summed E-state index contributed by atoms with van der Waals surface area (Å²) in [6.07, 6.45) is 0. The number of carbonyl (C=O) groups excluding carboxylic acids is 2. The summed E-state index contributed by atoms with van der Waals surface area (Å²) in [4.78, 5) is 23.9. The lowest BCUT2D eigenvalue weighted by Crippen LogP contribution is -2.41. The Morgan fingerprint density at radius 2 is 1.74 bits per heavy atom. The van der Waals surface area contributed by atoms with Crippen molar-refractivity contribution in [3.8, 4) is 11.5 Å². The number of hydrazine groups is 1. The summed E-state index contributed by atoms with van der Waals surface area (Å²) >= 11 is 5.78. The van der Waals surface area contributed by atoms with Crippen LogP contribution in [-0.4, -0.2) is 18.6 Å². The van der Waals surface area contributed by atoms with Gasteiger partial charge in [0.15, 0.2) is 11.5 Å². The Kier molecular flexibility index (Phi) is 4.03. The molecule has 0 aliphatic carbocycles. The van der Waals surface area contributed by atoms with E-state index in [1.807, 2.05) is 0 Å². The van der Waals surface area contributed by atoms with Crippen LogP contribution < -0.4 is 20.3 Å². The second-order valence-corrected chi connectivity index (χ2v) is 5.01. The van der Waals surface area contributed by atoms with Gasteiger partial charge in [-0.2, -0.15) is 0 Å². The van der Waals surface area contributed by atoms with Gasteiger partial charge >= 0.3 is 0 Å². The molecule has 0 spiro atoms. The molecule has 0 saturated carbocycles. The molecule has 8 heteroatoms. The van der Waals surface area contributed by atoms with E-state index in [9.17, 15) is 14.0 Å². The van der Waals surface area contributed by atoms with Gasteiger partial charge in [0.1, 0.15) is 5.82 Å². The van der Waals surface area contributed by atoms with E-state index < -0.39 is 17.6 Å². The Morgan fingerprint density at radius 1 is 1.00 bits per heavy atom. The number of carbonyl (C=O) groups is 2. The van der Waals surface area contributed by atoms with Crippen molar-refractivity contribution in [2.24, 2.45) is 0 Å². The van der Waals surface area contributed by atoms with E-state index >= 15 is 0 Å². The van der Waals surface area contributed by atoms with E-state index in [1.165, 1.54) is 18.2 Å². The van der Waals surface area contributed by atoms with Crippen molar-refractivity contribution in [1.82, 2.24) is 10.9 Å². The monoisotopic (exact) mass is 336 g/mol. The Morgan fingerprint density at radius 3 is 2.52 bits per heavy atom. The van der Waals surface area contributed by atoms with Gasteiger partial charge in [-0.25, -0.2) is 4.39 Å². The van der Waals surface area contributed by atoms with Crippen LogP contribution in [0.25, 0.3) is 0 Å². The molecule has 0 radical (unpaired) electrons. The largest absolute Gasteiger partial charge is 0.454 e. The van der Waals surface area contributed by atoms with Gasteiger partial charge in [0.05, 0.1) is 10.6 Å². The van der Waals surface area contributed by atoms with Crippen LogP contribution in [0.1, 0.15) is 20.7 Å². The minimum absolute atomic E-state index is 0.0408. The van der Waals surface area contributed by atoms with E-state index in [0.29, 0.717) is 11.5 Å². The fraction of sp³-hybridized carbons (Fsp3) is 0.0667. The standard InChI is InChI=1S/C15H10ClFN2O4/c16-11-6-9(17)2-3-10(11)15(21)19-18-14(20)8-1-4-12-13(5-8)23-7-22-12/h1-6H,7H2,(H,18,20)(H,19,21). The van der Waals surface area contributed by atoms with Crippen LogP contribution in [0.15, 0.2) is 36.4 Å². The first kappa shape index (κ1) is 15.1. The van der Waals surface area contributed by atoms with Gasteiger partial charge in [-0.05, 0) is 36.4 Å². The lowest BCUT2D eigenvalue weighted by Gasteiger charge is -2.09. The van der Waals surface area contributed by atoms with Crippen molar-refractivity contribution in [3.63, 3.8) is 0 Å². The number of hydrogen-bond acceptors (Lipinski definition) is 4. The highest BCUT2D eigenvalue weighted by Gasteiger charge is 2.17. The van der Waals surface area contributed by atoms with Crippen molar-refractivity contribution in [2.75, 3.05) is 6.79 Å². The number of nitrogens with one attached hydrogen (secondary N) is 2. The zero-order chi connectivity index (χ0) is 16.4.